The molecule has 0 aliphatic carbocycles. The number of nitrogens with zero attached hydrogens (tertiary/aromatic N) is 2. The van der Waals surface area contributed by atoms with E-state index in [4.69, 9.17) is 27.9 Å². The van der Waals surface area contributed by atoms with Gasteiger partial charge < -0.3 is 4.74 Å². The number of rotatable bonds is 3. The van der Waals surface area contributed by atoms with E-state index >= 15 is 0 Å². The number of hydrogen-bond donors (Lipinski definition) is 0. The molecule has 1 aliphatic rings. The number of benzene rings is 1. The molecule has 0 saturated heterocycles. The zero-order valence-corrected chi connectivity index (χ0v) is 13.8. The first kappa shape index (κ1) is 16.0. The van der Waals surface area contributed by atoms with E-state index in [9.17, 15) is 9.59 Å². The molecule has 0 fully saturated rings. The van der Waals surface area contributed by atoms with Gasteiger partial charge in [0.1, 0.15) is 12.6 Å². The predicted octanol–water partition coefficient (Wildman–Crippen LogP) is 3.34. The molecule has 23 heavy (non-hydrogen) atoms. The van der Waals surface area contributed by atoms with Crippen LogP contribution in [0, 0.1) is 0 Å². The molecule has 5 nitrogen and oxygen atoms in total. The van der Waals surface area contributed by atoms with Crippen LogP contribution >= 0.6 is 23.2 Å². The summed E-state index contributed by atoms with van der Waals surface area (Å²) in [5, 5.41) is -0.0887. The first-order valence-corrected chi connectivity index (χ1v) is 7.92. The Labute approximate surface area is 142 Å². The minimum atomic E-state index is -0.728. The summed E-state index contributed by atoms with van der Waals surface area (Å²) in [6.45, 7) is 2.04. The van der Waals surface area contributed by atoms with Gasteiger partial charge in [0, 0.05) is 5.92 Å². The summed E-state index contributed by atoms with van der Waals surface area (Å²) < 4.78 is 6.66. The molecule has 3 rings (SSSR count). The van der Waals surface area contributed by atoms with E-state index in [1.54, 1.807) is 0 Å². The minimum Gasteiger partial charge on any atom is -0.459 e. The van der Waals surface area contributed by atoms with Crippen LogP contribution in [0.3, 0.4) is 0 Å². The predicted molar refractivity (Wildman–Crippen MR) is 86.8 cm³/mol. The summed E-state index contributed by atoms with van der Waals surface area (Å²) in [5.74, 6) is -0.547. The Morgan fingerprint density at radius 2 is 2.00 bits per heavy atom. The Morgan fingerprint density at radius 3 is 2.70 bits per heavy atom. The molecule has 0 bridgehead atoms. The molecular weight excluding hydrogens is 339 g/mol. The summed E-state index contributed by atoms with van der Waals surface area (Å²) in [6, 6.07) is 8.62. The average molecular weight is 353 g/mol. The van der Waals surface area contributed by atoms with E-state index in [2.05, 4.69) is 4.98 Å². The molecule has 0 N–H and O–H groups in total. The lowest BCUT2D eigenvalue weighted by molar-refractivity contribution is -0.149. The van der Waals surface area contributed by atoms with Crippen LogP contribution < -0.4 is 5.56 Å². The summed E-state index contributed by atoms with van der Waals surface area (Å²) >= 11 is 11.9. The van der Waals surface area contributed by atoms with E-state index < -0.39 is 17.6 Å². The van der Waals surface area contributed by atoms with Crippen molar-refractivity contribution in [1.82, 2.24) is 9.55 Å². The van der Waals surface area contributed by atoms with Crippen molar-refractivity contribution in [3.05, 3.63) is 62.2 Å². The van der Waals surface area contributed by atoms with Crippen molar-refractivity contribution in [3.8, 4) is 0 Å². The lowest BCUT2D eigenvalue weighted by atomic mass is 10.1. The van der Waals surface area contributed by atoms with Gasteiger partial charge in [-0.2, -0.15) is 0 Å². The highest BCUT2D eigenvalue weighted by atomic mass is 35.5. The van der Waals surface area contributed by atoms with Gasteiger partial charge in [-0.3, -0.25) is 9.36 Å². The number of esters is 1. The number of carbonyl (C=O) groups excluding carboxylic acids is 1. The van der Waals surface area contributed by atoms with Crippen LogP contribution in [0.4, 0.5) is 0 Å². The third-order valence-electron chi connectivity index (χ3n) is 3.91. The van der Waals surface area contributed by atoms with Crippen LogP contribution in [0.5, 0.6) is 0 Å². The standard InChI is InChI=1S/C16H14Cl2N2O3/c1-9-7-11(16(22)23-8-10-5-3-2-4-6-10)20-12(9)13(17)19-14(18)15(20)21/h2-6,9,11H,7-8H2,1H3/t9-,11-/m0/s1. The molecule has 1 aliphatic heterocycles. The number of carbonyl (C=O) groups is 1. The Morgan fingerprint density at radius 1 is 1.30 bits per heavy atom. The lowest BCUT2D eigenvalue weighted by Crippen LogP contribution is -2.30. The molecule has 0 radical (unpaired) electrons. The van der Waals surface area contributed by atoms with E-state index in [0.29, 0.717) is 12.1 Å². The lowest BCUT2D eigenvalue weighted by Gasteiger charge is -2.14. The Hall–Kier alpha value is -1.85. The van der Waals surface area contributed by atoms with E-state index in [1.807, 2.05) is 37.3 Å². The van der Waals surface area contributed by atoms with Crippen molar-refractivity contribution >= 4 is 29.2 Å². The Balaban J connectivity index is 1.86. The third-order valence-corrected chi connectivity index (χ3v) is 4.44. The zero-order chi connectivity index (χ0) is 16.6. The molecule has 2 atom stereocenters. The first-order chi connectivity index (χ1) is 11.0. The van der Waals surface area contributed by atoms with Crippen molar-refractivity contribution in [2.24, 2.45) is 0 Å². The van der Waals surface area contributed by atoms with Crippen LogP contribution in [0.15, 0.2) is 35.1 Å². The highest BCUT2D eigenvalue weighted by Gasteiger charge is 2.37. The zero-order valence-electron chi connectivity index (χ0n) is 12.3. The second-order valence-corrected chi connectivity index (χ2v) is 6.22. The summed E-state index contributed by atoms with van der Waals surface area (Å²) in [7, 11) is 0. The normalized spacial score (nSPS) is 19.4. The number of hydrogen-bond acceptors (Lipinski definition) is 4. The number of fused-ring (bicyclic) bond motifs is 1. The fraction of sp³-hybridized carbons (Fsp3) is 0.312. The van der Waals surface area contributed by atoms with Crippen molar-refractivity contribution in [2.75, 3.05) is 0 Å². The molecular formula is C16H14Cl2N2O3. The maximum absolute atomic E-state index is 12.4. The Kier molecular flexibility index (Phi) is 4.41. The van der Waals surface area contributed by atoms with Crippen LogP contribution in [-0.4, -0.2) is 15.5 Å². The molecule has 7 heteroatoms. The molecule has 0 amide bonds. The molecule has 0 saturated carbocycles. The van der Waals surface area contributed by atoms with Gasteiger partial charge in [0.25, 0.3) is 5.56 Å². The molecule has 0 spiro atoms. The fourth-order valence-corrected chi connectivity index (χ4v) is 3.41. The second kappa shape index (κ2) is 6.34. The fourth-order valence-electron chi connectivity index (χ4n) is 2.83. The van der Waals surface area contributed by atoms with Gasteiger partial charge >= 0.3 is 5.97 Å². The molecule has 2 aromatic rings. The van der Waals surface area contributed by atoms with Gasteiger partial charge in [0.15, 0.2) is 10.3 Å². The van der Waals surface area contributed by atoms with Crippen molar-refractivity contribution in [1.29, 1.82) is 0 Å². The van der Waals surface area contributed by atoms with Crippen molar-refractivity contribution in [3.63, 3.8) is 0 Å². The maximum atomic E-state index is 12.4. The van der Waals surface area contributed by atoms with Gasteiger partial charge in [0.05, 0.1) is 5.69 Å². The van der Waals surface area contributed by atoms with Crippen molar-refractivity contribution in [2.45, 2.75) is 31.9 Å². The smallest absolute Gasteiger partial charge is 0.329 e. The maximum Gasteiger partial charge on any atom is 0.329 e. The van der Waals surface area contributed by atoms with Crippen LogP contribution in [0.1, 0.15) is 36.6 Å². The summed E-state index contributed by atoms with van der Waals surface area (Å²) in [5.41, 5.74) is 0.894. The SMILES string of the molecule is C[C@H]1C[C@@H](C(=O)OCc2ccccc2)n2c1c(Cl)nc(Cl)c2=O. The number of halogens is 2. The van der Waals surface area contributed by atoms with Crippen LogP contribution in [0.2, 0.25) is 10.3 Å². The highest BCUT2D eigenvalue weighted by molar-refractivity contribution is 6.32. The quantitative estimate of drug-likeness (QED) is 0.794. The number of ether oxygens (including phenoxy) is 1. The Bertz CT molecular complexity index is 805. The van der Waals surface area contributed by atoms with Crippen molar-refractivity contribution < 1.29 is 9.53 Å². The summed E-state index contributed by atoms with van der Waals surface area (Å²) in [6.07, 6.45) is 0.435. The number of aromatic nitrogens is 2. The topological polar surface area (TPSA) is 61.2 Å². The van der Waals surface area contributed by atoms with Gasteiger partial charge in [-0.05, 0) is 12.0 Å². The molecule has 120 valence electrons. The second-order valence-electron chi connectivity index (χ2n) is 5.50. The average Bonchev–Trinajstić information content (AvgIpc) is 2.89. The largest absolute Gasteiger partial charge is 0.459 e. The molecule has 0 unspecified atom stereocenters. The minimum absolute atomic E-state index is 0.0748. The first-order valence-electron chi connectivity index (χ1n) is 7.17. The van der Waals surface area contributed by atoms with E-state index in [1.165, 1.54) is 4.57 Å². The molecule has 1 aromatic carbocycles. The highest BCUT2D eigenvalue weighted by Crippen LogP contribution is 2.38. The molecule has 2 heterocycles. The van der Waals surface area contributed by atoms with Gasteiger partial charge in [-0.15, -0.1) is 0 Å². The third kappa shape index (κ3) is 2.99. The van der Waals surface area contributed by atoms with Gasteiger partial charge in [-0.25, -0.2) is 9.78 Å². The van der Waals surface area contributed by atoms with Gasteiger partial charge in [-0.1, -0.05) is 60.5 Å². The van der Waals surface area contributed by atoms with E-state index in [0.717, 1.165) is 5.56 Å². The monoisotopic (exact) mass is 352 g/mol. The van der Waals surface area contributed by atoms with E-state index in [-0.39, 0.29) is 22.8 Å². The van der Waals surface area contributed by atoms with Crippen LogP contribution in [-0.2, 0) is 16.1 Å². The summed E-state index contributed by atoms with van der Waals surface area (Å²) in [4.78, 5) is 28.5. The van der Waals surface area contributed by atoms with Gasteiger partial charge in [0.2, 0.25) is 0 Å². The van der Waals surface area contributed by atoms with Crippen LogP contribution in [0.25, 0.3) is 0 Å². The molecule has 1 aromatic heterocycles.